The van der Waals surface area contributed by atoms with Gasteiger partial charge in [0.05, 0.1) is 6.61 Å². The molecule has 0 aliphatic carbocycles. The van der Waals surface area contributed by atoms with Gasteiger partial charge < -0.3 is 18.9 Å². The van der Waals surface area contributed by atoms with Crippen molar-refractivity contribution < 1.29 is 18.9 Å². The van der Waals surface area contributed by atoms with Gasteiger partial charge in [-0.05, 0) is 42.5 Å². The molecule has 138 valence electrons. The lowest BCUT2D eigenvalue weighted by molar-refractivity contribution is -0.168. The van der Waals surface area contributed by atoms with Crippen molar-refractivity contribution in [2.24, 2.45) is 0 Å². The molecule has 4 heteroatoms. The number of ether oxygens (including phenoxy) is 4. The van der Waals surface area contributed by atoms with Crippen LogP contribution in [-0.4, -0.2) is 19.5 Å². The SMILES string of the molecule is C=CCOc1ccc(COC2CCCCO2)cc1OCc1ccccc1. The monoisotopic (exact) mass is 354 g/mol. The summed E-state index contributed by atoms with van der Waals surface area (Å²) < 4.78 is 23.2. The molecule has 0 spiro atoms. The molecule has 0 N–H and O–H groups in total. The van der Waals surface area contributed by atoms with E-state index in [1.165, 1.54) is 0 Å². The number of rotatable bonds is 9. The molecule has 26 heavy (non-hydrogen) atoms. The molecule has 2 aromatic carbocycles. The number of benzene rings is 2. The van der Waals surface area contributed by atoms with Crippen LogP contribution >= 0.6 is 0 Å². The Morgan fingerprint density at radius 2 is 1.85 bits per heavy atom. The highest BCUT2D eigenvalue weighted by molar-refractivity contribution is 5.43. The fourth-order valence-corrected chi connectivity index (χ4v) is 2.79. The summed E-state index contributed by atoms with van der Waals surface area (Å²) in [5.74, 6) is 1.42. The van der Waals surface area contributed by atoms with Crippen molar-refractivity contribution >= 4 is 0 Å². The molecule has 3 rings (SSSR count). The van der Waals surface area contributed by atoms with E-state index in [1.54, 1.807) is 6.08 Å². The first-order valence-electron chi connectivity index (χ1n) is 9.11. The minimum Gasteiger partial charge on any atom is -0.486 e. The topological polar surface area (TPSA) is 36.9 Å². The Bertz CT molecular complexity index is 678. The van der Waals surface area contributed by atoms with Crippen molar-refractivity contribution in [3.05, 3.63) is 72.3 Å². The Kier molecular flexibility index (Phi) is 7.11. The zero-order chi connectivity index (χ0) is 18.0. The van der Waals surface area contributed by atoms with Gasteiger partial charge >= 0.3 is 0 Å². The van der Waals surface area contributed by atoms with Crippen LogP contribution in [0.3, 0.4) is 0 Å². The third kappa shape index (κ3) is 5.61. The summed E-state index contributed by atoms with van der Waals surface area (Å²) in [6.07, 6.45) is 4.85. The molecule has 4 nitrogen and oxygen atoms in total. The van der Waals surface area contributed by atoms with E-state index >= 15 is 0 Å². The summed E-state index contributed by atoms with van der Waals surface area (Å²) in [7, 11) is 0. The summed E-state index contributed by atoms with van der Waals surface area (Å²) in [5, 5.41) is 0. The molecular weight excluding hydrogens is 328 g/mol. The first-order valence-corrected chi connectivity index (χ1v) is 9.11. The molecule has 1 aliphatic heterocycles. The zero-order valence-corrected chi connectivity index (χ0v) is 15.1. The highest BCUT2D eigenvalue weighted by atomic mass is 16.7. The summed E-state index contributed by atoms with van der Waals surface area (Å²) in [5.41, 5.74) is 2.15. The first kappa shape index (κ1) is 18.5. The van der Waals surface area contributed by atoms with E-state index < -0.39 is 0 Å². The normalized spacial score (nSPS) is 16.8. The van der Waals surface area contributed by atoms with Crippen LogP contribution in [0.5, 0.6) is 11.5 Å². The lowest BCUT2D eigenvalue weighted by Gasteiger charge is -2.23. The van der Waals surface area contributed by atoms with Crippen LogP contribution in [0, 0.1) is 0 Å². The van der Waals surface area contributed by atoms with Crippen LogP contribution in [-0.2, 0) is 22.7 Å². The number of hydrogen-bond acceptors (Lipinski definition) is 4. The second-order valence-corrected chi connectivity index (χ2v) is 6.26. The lowest BCUT2D eigenvalue weighted by Crippen LogP contribution is -2.22. The Balaban J connectivity index is 1.65. The molecular formula is C22H26O4. The van der Waals surface area contributed by atoms with Gasteiger partial charge in [-0.15, -0.1) is 0 Å². The highest BCUT2D eigenvalue weighted by Gasteiger charge is 2.15. The Morgan fingerprint density at radius 1 is 0.962 bits per heavy atom. The van der Waals surface area contributed by atoms with Gasteiger partial charge in [0, 0.05) is 6.61 Å². The summed E-state index contributed by atoms with van der Waals surface area (Å²) >= 11 is 0. The molecule has 0 radical (unpaired) electrons. The lowest BCUT2D eigenvalue weighted by atomic mass is 10.2. The van der Waals surface area contributed by atoms with E-state index in [-0.39, 0.29) is 6.29 Å². The quantitative estimate of drug-likeness (QED) is 0.602. The Morgan fingerprint density at radius 3 is 2.62 bits per heavy atom. The third-order valence-corrected chi connectivity index (χ3v) is 4.18. The van der Waals surface area contributed by atoms with Crippen molar-refractivity contribution in [2.45, 2.75) is 38.8 Å². The molecule has 1 atom stereocenters. The van der Waals surface area contributed by atoms with Crippen LogP contribution in [0.4, 0.5) is 0 Å². The average Bonchev–Trinajstić information content (AvgIpc) is 2.71. The summed E-state index contributed by atoms with van der Waals surface area (Å²) in [4.78, 5) is 0. The van der Waals surface area contributed by atoms with Gasteiger partial charge in [-0.3, -0.25) is 0 Å². The molecule has 1 aliphatic rings. The molecule has 1 unspecified atom stereocenters. The van der Waals surface area contributed by atoms with E-state index in [0.717, 1.165) is 37.0 Å². The second kappa shape index (κ2) is 10.00. The minimum atomic E-state index is -0.103. The van der Waals surface area contributed by atoms with E-state index in [2.05, 4.69) is 6.58 Å². The second-order valence-electron chi connectivity index (χ2n) is 6.26. The minimum absolute atomic E-state index is 0.103. The van der Waals surface area contributed by atoms with Crippen LogP contribution in [0.1, 0.15) is 30.4 Å². The van der Waals surface area contributed by atoms with Gasteiger partial charge in [0.25, 0.3) is 0 Å². The van der Waals surface area contributed by atoms with Gasteiger partial charge in [0.15, 0.2) is 17.8 Å². The molecule has 0 aromatic heterocycles. The van der Waals surface area contributed by atoms with Crippen LogP contribution in [0.15, 0.2) is 61.2 Å². The Labute approximate surface area is 155 Å². The van der Waals surface area contributed by atoms with Crippen molar-refractivity contribution in [3.63, 3.8) is 0 Å². The molecule has 0 amide bonds. The smallest absolute Gasteiger partial charge is 0.162 e. The molecule has 1 fully saturated rings. The predicted molar refractivity (Wildman–Crippen MR) is 101 cm³/mol. The summed E-state index contributed by atoms with van der Waals surface area (Å²) in [6, 6.07) is 16.0. The van der Waals surface area contributed by atoms with Gasteiger partial charge in [-0.1, -0.05) is 49.1 Å². The maximum absolute atomic E-state index is 6.01. The van der Waals surface area contributed by atoms with Gasteiger partial charge in [-0.25, -0.2) is 0 Å². The van der Waals surface area contributed by atoms with Crippen molar-refractivity contribution in [1.29, 1.82) is 0 Å². The van der Waals surface area contributed by atoms with E-state index in [0.29, 0.717) is 31.3 Å². The zero-order valence-electron chi connectivity index (χ0n) is 15.1. The maximum atomic E-state index is 6.01. The third-order valence-electron chi connectivity index (χ3n) is 4.18. The van der Waals surface area contributed by atoms with Gasteiger partial charge in [0.1, 0.15) is 13.2 Å². The maximum Gasteiger partial charge on any atom is 0.162 e. The molecule has 2 aromatic rings. The van der Waals surface area contributed by atoms with Gasteiger partial charge in [0.2, 0.25) is 0 Å². The van der Waals surface area contributed by atoms with Crippen LogP contribution in [0.2, 0.25) is 0 Å². The largest absolute Gasteiger partial charge is 0.486 e. The molecule has 0 saturated carbocycles. The van der Waals surface area contributed by atoms with Crippen LogP contribution in [0.25, 0.3) is 0 Å². The average molecular weight is 354 g/mol. The molecule has 1 saturated heterocycles. The first-order chi connectivity index (χ1) is 12.8. The van der Waals surface area contributed by atoms with E-state index in [1.807, 2.05) is 48.5 Å². The number of hydrogen-bond donors (Lipinski definition) is 0. The molecule has 1 heterocycles. The fourth-order valence-electron chi connectivity index (χ4n) is 2.79. The highest BCUT2D eigenvalue weighted by Crippen LogP contribution is 2.30. The van der Waals surface area contributed by atoms with E-state index in [9.17, 15) is 0 Å². The van der Waals surface area contributed by atoms with E-state index in [4.69, 9.17) is 18.9 Å². The standard InChI is InChI=1S/C22H26O4/c1-2-13-23-20-12-11-19(17-26-22-10-6-7-14-24-22)15-21(20)25-16-18-8-4-3-5-9-18/h2-5,8-9,11-12,15,22H,1,6-7,10,13-14,16-17H2. The van der Waals surface area contributed by atoms with Gasteiger partial charge in [-0.2, -0.15) is 0 Å². The van der Waals surface area contributed by atoms with Crippen LogP contribution < -0.4 is 9.47 Å². The van der Waals surface area contributed by atoms with Crippen molar-refractivity contribution in [3.8, 4) is 11.5 Å². The fraction of sp³-hybridized carbons (Fsp3) is 0.364. The predicted octanol–water partition coefficient (Wildman–Crippen LogP) is 4.87. The Hall–Kier alpha value is -2.30. The van der Waals surface area contributed by atoms with Crippen molar-refractivity contribution in [2.75, 3.05) is 13.2 Å². The summed E-state index contributed by atoms with van der Waals surface area (Å²) in [6.45, 7) is 5.90. The van der Waals surface area contributed by atoms with Crippen molar-refractivity contribution in [1.82, 2.24) is 0 Å². The molecule has 0 bridgehead atoms.